The lowest BCUT2D eigenvalue weighted by Gasteiger charge is -2.27. The monoisotopic (exact) mass is 336 g/mol. The van der Waals surface area contributed by atoms with E-state index in [0.717, 1.165) is 28.2 Å². The molecular formula is C18H20N6O. The summed E-state index contributed by atoms with van der Waals surface area (Å²) in [6.45, 7) is 5.95. The maximum atomic E-state index is 12.1. The van der Waals surface area contributed by atoms with Crippen LogP contribution in [0.15, 0.2) is 43.0 Å². The minimum Gasteiger partial charge on any atom is -0.335 e. The summed E-state index contributed by atoms with van der Waals surface area (Å²) in [5, 5.41) is 7.51. The van der Waals surface area contributed by atoms with Gasteiger partial charge in [0, 0.05) is 20.1 Å². The molecule has 25 heavy (non-hydrogen) atoms. The maximum absolute atomic E-state index is 12.1. The average Bonchev–Trinajstić information content (AvgIpc) is 3.20. The number of rotatable bonds is 3. The summed E-state index contributed by atoms with van der Waals surface area (Å²) in [7, 11) is 2.00. The molecule has 0 aliphatic carbocycles. The third-order valence-electron chi connectivity index (χ3n) is 4.50. The number of nitrogens with one attached hydrogen (secondary N) is 1. The molecule has 0 spiro atoms. The summed E-state index contributed by atoms with van der Waals surface area (Å²) in [5.74, 6) is 0.839. The molecule has 3 aromatic rings. The lowest BCUT2D eigenvalue weighted by molar-refractivity contribution is 0.182. The van der Waals surface area contributed by atoms with E-state index in [1.807, 2.05) is 42.1 Å². The van der Waals surface area contributed by atoms with Gasteiger partial charge in [-0.1, -0.05) is 18.2 Å². The van der Waals surface area contributed by atoms with Gasteiger partial charge in [0.05, 0.1) is 29.8 Å². The molecule has 0 unspecified atom stereocenters. The fourth-order valence-corrected chi connectivity index (χ4v) is 3.19. The molecule has 1 aliphatic heterocycles. The van der Waals surface area contributed by atoms with E-state index < -0.39 is 0 Å². The average molecular weight is 336 g/mol. The van der Waals surface area contributed by atoms with Crippen LogP contribution in [0.4, 0.5) is 4.79 Å². The number of aromatic nitrogens is 4. The van der Waals surface area contributed by atoms with E-state index in [1.165, 1.54) is 0 Å². The van der Waals surface area contributed by atoms with Crippen LogP contribution in [0.25, 0.3) is 22.6 Å². The smallest absolute Gasteiger partial charge is 0.318 e. The lowest BCUT2D eigenvalue weighted by Crippen LogP contribution is -2.44. The molecule has 0 radical (unpaired) electrons. The standard InChI is InChI=1S/C18H20N6O/c1-3-8-19-18(25)23-9-10-24-13(12-23)11-15(21-24)17-20-14-6-4-5-7-16(14)22(17)2/h3-7,11H,1,8-10,12H2,2H3,(H,19,25). The van der Waals surface area contributed by atoms with Gasteiger partial charge in [0.2, 0.25) is 0 Å². The molecule has 4 rings (SSSR count). The van der Waals surface area contributed by atoms with Crippen LogP contribution in [0.1, 0.15) is 5.69 Å². The molecule has 0 bridgehead atoms. The number of carbonyl (C=O) groups is 1. The highest BCUT2D eigenvalue weighted by molar-refractivity contribution is 5.80. The van der Waals surface area contributed by atoms with Crippen molar-refractivity contribution < 1.29 is 4.79 Å². The molecule has 0 atom stereocenters. The number of fused-ring (bicyclic) bond motifs is 2. The highest BCUT2D eigenvalue weighted by atomic mass is 16.2. The predicted octanol–water partition coefficient (Wildman–Crippen LogP) is 2.15. The molecule has 7 nitrogen and oxygen atoms in total. The van der Waals surface area contributed by atoms with Gasteiger partial charge in [-0.05, 0) is 18.2 Å². The molecular weight excluding hydrogens is 316 g/mol. The Morgan fingerprint density at radius 2 is 2.20 bits per heavy atom. The largest absolute Gasteiger partial charge is 0.335 e. The van der Waals surface area contributed by atoms with Crippen LogP contribution in [-0.2, 0) is 20.1 Å². The van der Waals surface area contributed by atoms with Crippen molar-refractivity contribution in [2.75, 3.05) is 13.1 Å². The number of hydrogen-bond donors (Lipinski definition) is 1. The molecule has 0 fully saturated rings. The number of nitrogens with zero attached hydrogens (tertiary/aromatic N) is 5. The molecule has 128 valence electrons. The van der Waals surface area contributed by atoms with Gasteiger partial charge in [0.25, 0.3) is 0 Å². The van der Waals surface area contributed by atoms with E-state index in [-0.39, 0.29) is 6.03 Å². The molecule has 0 saturated carbocycles. The van der Waals surface area contributed by atoms with Gasteiger partial charge in [-0.3, -0.25) is 4.68 Å². The third-order valence-corrected chi connectivity index (χ3v) is 4.50. The Bertz CT molecular complexity index is 954. The van der Waals surface area contributed by atoms with Crippen molar-refractivity contribution in [3.8, 4) is 11.5 Å². The molecule has 1 aromatic carbocycles. The summed E-state index contributed by atoms with van der Waals surface area (Å²) in [5.41, 5.74) is 3.88. The maximum Gasteiger partial charge on any atom is 0.318 e. The Labute approximate surface area is 145 Å². The fourth-order valence-electron chi connectivity index (χ4n) is 3.19. The Morgan fingerprint density at radius 3 is 3.00 bits per heavy atom. The van der Waals surface area contributed by atoms with Gasteiger partial charge < -0.3 is 14.8 Å². The van der Waals surface area contributed by atoms with Gasteiger partial charge in [-0.2, -0.15) is 5.10 Å². The summed E-state index contributed by atoms with van der Waals surface area (Å²) >= 11 is 0. The van der Waals surface area contributed by atoms with E-state index in [1.54, 1.807) is 11.0 Å². The van der Waals surface area contributed by atoms with Gasteiger partial charge in [-0.15, -0.1) is 6.58 Å². The number of benzene rings is 1. The van der Waals surface area contributed by atoms with E-state index in [0.29, 0.717) is 26.2 Å². The summed E-state index contributed by atoms with van der Waals surface area (Å²) < 4.78 is 4.02. The first-order valence-electron chi connectivity index (χ1n) is 8.29. The number of urea groups is 1. The van der Waals surface area contributed by atoms with Crippen LogP contribution >= 0.6 is 0 Å². The Hall–Kier alpha value is -3.09. The highest BCUT2D eigenvalue weighted by Crippen LogP contribution is 2.25. The fraction of sp³-hybridized carbons (Fsp3) is 0.278. The second-order valence-corrected chi connectivity index (χ2v) is 6.12. The summed E-state index contributed by atoms with van der Waals surface area (Å²) in [6, 6.07) is 9.99. The van der Waals surface area contributed by atoms with Crippen LogP contribution in [0.2, 0.25) is 0 Å². The normalized spacial score (nSPS) is 13.7. The van der Waals surface area contributed by atoms with Crippen molar-refractivity contribution in [1.82, 2.24) is 29.5 Å². The Kier molecular flexibility index (Phi) is 3.76. The van der Waals surface area contributed by atoms with E-state index in [4.69, 9.17) is 10.1 Å². The molecule has 7 heteroatoms. The zero-order valence-electron chi connectivity index (χ0n) is 14.1. The topological polar surface area (TPSA) is 68.0 Å². The second kappa shape index (κ2) is 6.08. The Balaban J connectivity index is 1.62. The van der Waals surface area contributed by atoms with Crippen LogP contribution < -0.4 is 5.32 Å². The van der Waals surface area contributed by atoms with Crippen molar-refractivity contribution in [2.24, 2.45) is 7.05 Å². The number of hydrogen-bond acceptors (Lipinski definition) is 3. The van der Waals surface area contributed by atoms with Crippen molar-refractivity contribution in [3.05, 3.63) is 48.7 Å². The number of amides is 2. The molecule has 1 N–H and O–H groups in total. The first kappa shape index (κ1) is 15.4. The van der Waals surface area contributed by atoms with Gasteiger partial charge in [0.1, 0.15) is 5.69 Å². The zero-order chi connectivity index (χ0) is 17.4. The SMILES string of the molecule is C=CCNC(=O)N1CCn2nc(-c3nc4ccccc4n3C)cc2C1. The number of carbonyl (C=O) groups excluding carboxylic acids is 1. The van der Waals surface area contributed by atoms with Crippen LogP contribution in [0, 0.1) is 0 Å². The van der Waals surface area contributed by atoms with Crippen LogP contribution in [0.5, 0.6) is 0 Å². The zero-order valence-corrected chi connectivity index (χ0v) is 14.1. The molecule has 2 amide bonds. The number of para-hydroxylation sites is 2. The van der Waals surface area contributed by atoms with Crippen LogP contribution in [0.3, 0.4) is 0 Å². The summed E-state index contributed by atoms with van der Waals surface area (Å²) in [6.07, 6.45) is 1.68. The van der Waals surface area contributed by atoms with E-state index in [9.17, 15) is 4.79 Å². The van der Waals surface area contributed by atoms with Crippen molar-refractivity contribution in [2.45, 2.75) is 13.1 Å². The highest BCUT2D eigenvalue weighted by Gasteiger charge is 2.23. The van der Waals surface area contributed by atoms with Gasteiger partial charge in [0.15, 0.2) is 5.82 Å². The second-order valence-electron chi connectivity index (χ2n) is 6.12. The number of imidazole rings is 1. The number of aryl methyl sites for hydroxylation is 1. The minimum atomic E-state index is -0.0726. The van der Waals surface area contributed by atoms with Crippen molar-refractivity contribution in [1.29, 1.82) is 0 Å². The molecule has 1 aliphatic rings. The van der Waals surface area contributed by atoms with Crippen LogP contribution in [-0.4, -0.2) is 43.4 Å². The molecule has 3 heterocycles. The van der Waals surface area contributed by atoms with Gasteiger partial charge >= 0.3 is 6.03 Å². The van der Waals surface area contributed by atoms with E-state index >= 15 is 0 Å². The summed E-state index contributed by atoms with van der Waals surface area (Å²) in [4.78, 5) is 18.6. The predicted molar refractivity (Wildman–Crippen MR) is 95.9 cm³/mol. The quantitative estimate of drug-likeness (QED) is 0.745. The molecule has 2 aromatic heterocycles. The first-order valence-corrected chi connectivity index (χ1v) is 8.29. The van der Waals surface area contributed by atoms with E-state index in [2.05, 4.69) is 16.5 Å². The van der Waals surface area contributed by atoms with Crippen molar-refractivity contribution in [3.63, 3.8) is 0 Å². The Morgan fingerprint density at radius 1 is 1.36 bits per heavy atom. The first-order chi connectivity index (χ1) is 12.2. The third kappa shape index (κ3) is 2.67. The minimum absolute atomic E-state index is 0.0726. The van der Waals surface area contributed by atoms with Crippen molar-refractivity contribution >= 4 is 17.1 Å². The van der Waals surface area contributed by atoms with Gasteiger partial charge in [-0.25, -0.2) is 9.78 Å². The lowest BCUT2D eigenvalue weighted by atomic mass is 10.3. The molecule has 0 saturated heterocycles.